The lowest BCUT2D eigenvalue weighted by atomic mass is 10.1. The van der Waals surface area contributed by atoms with Crippen LogP contribution in [0, 0.1) is 5.82 Å². The highest BCUT2D eigenvalue weighted by molar-refractivity contribution is 5.96. The highest BCUT2D eigenvalue weighted by Crippen LogP contribution is 2.17. The molecule has 1 aromatic carbocycles. The van der Waals surface area contributed by atoms with Gasteiger partial charge in [0.1, 0.15) is 11.6 Å². The summed E-state index contributed by atoms with van der Waals surface area (Å²) < 4.78 is 12.8. The summed E-state index contributed by atoms with van der Waals surface area (Å²) in [6.45, 7) is 1.59. The van der Waals surface area contributed by atoms with Crippen LogP contribution in [0.2, 0.25) is 0 Å². The zero-order valence-corrected chi connectivity index (χ0v) is 10.1. The molecule has 1 aliphatic heterocycles. The zero-order chi connectivity index (χ0) is 13.0. The standard InChI is InChI=1S/C13H17FN2O2/c14-9-3-4-11(12(17)8-9)13(18)16-7-5-10-2-1-6-15-10/h3-4,8,10,15,17H,1-2,5-7H2,(H,16,18)/t10-/m1/s1. The summed E-state index contributed by atoms with van der Waals surface area (Å²) in [7, 11) is 0. The Bertz CT molecular complexity index is 431. The fourth-order valence-corrected chi connectivity index (χ4v) is 2.16. The molecule has 1 amide bonds. The number of phenolic OH excluding ortho intramolecular Hbond substituents is 1. The zero-order valence-electron chi connectivity index (χ0n) is 10.1. The van der Waals surface area contributed by atoms with E-state index >= 15 is 0 Å². The monoisotopic (exact) mass is 252 g/mol. The van der Waals surface area contributed by atoms with Crippen LogP contribution in [0.15, 0.2) is 18.2 Å². The van der Waals surface area contributed by atoms with E-state index in [9.17, 15) is 14.3 Å². The average Bonchev–Trinajstić information content (AvgIpc) is 2.81. The van der Waals surface area contributed by atoms with Gasteiger partial charge in [-0.3, -0.25) is 4.79 Å². The predicted octanol–water partition coefficient (Wildman–Crippen LogP) is 1.40. The largest absolute Gasteiger partial charge is 0.507 e. The lowest BCUT2D eigenvalue weighted by Gasteiger charge is -2.11. The number of hydrogen-bond donors (Lipinski definition) is 3. The normalized spacial score (nSPS) is 18.8. The first-order chi connectivity index (χ1) is 8.66. The molecule has 0 spiro atoms. The molecular weight excluding hydrogens is 235 g/mol. The number of benzene rings is 1. The molecule has 0 aromatic heterocycles. The lowest BCUT2D eigenvalue weighted by Crippen LogP contribution is -2.30. The van der Waals surface area contributed by atoms with E-state index in [-0.39, 0.29) is 17.2 Å². The number of aromatic hydroxyl groups is 1. The minimum Gasteiger partial charge on any atom is -0.507 e. The van der Waals surface area contributed by atoms with E-state index in [0.717, 1.165) is 31.5 Å². The second-order valence-electron chi connectivity index (χ2n) is 4.50. The maximum Gasteiger partial charge on any atom is 0.255 e. The van der Waals surface area contributed by atoms with Gasteiger partial charge in [0.2, 0.25) is 0 Å². The summed E-state index contributed by atoms with van der Waals surface area (Å²) in [5.74, 6) is -1.25. The van der Waals surface area contributed by atoms with E-state index in [1.54, 1.807) is 0 Å². The van der Waals surface area contributed by atoms with E-state index in [0.29, 0.717) is 12.6 Å². The Kier molecular flexibility index (Phi) is 4.15. The van der Waals surface area contributed by atoms with E-state index in [1.165, 1.54) is 12.5 Å². The Morgan fingerprint density at radius 1 is 1.56 bits per heavy atom. The van der Waals surface area contributed by atoms with Gasteiger partial charge in [-0.05, 0) is 37.9 Å². The molecule has 18 heavy (non-hydrogen) atoms. The van der Waals surface area contributed by atoms with Gasteiger partial charge >= 0.3 is 0 Å². The van der Waals surface area contributed by atoms with Gasteiger partial charge < -0.3 is 15.7 Å². The molecule has 4 nitrogen and oxygen atoms in total. The van der Waals surface area contributed by atoms with E-state index in [2.05, 4.69) is 10.6 Å². The first kappa shape index (κ1) is 12.8. The van der Waals surface area contributed by atoms with Gasteiger partial charge in [-0.2, -0.15) is 0 Å². The molecule has 1 atom stereocenters. The topological polar surface area (TPSA) is 61.4 Å². The first-order valence-electron chi connectivity index (χ1n) is 6.17. The third kappa shape index (κ3) is 3.20. The summed E-state index contributed by atoms with van der Waals surface area (Å²) in [4.78, 5) is 11.7. The van der Waals surface area contributed by atoms with Gasteiger partial charge in [0.15, 0.2) is 0 Å². The molecule has 0 bridgehead atoms. The number of nitrogens with one attached hydrogen (secondary N) is 2. The van der Waals surface area contributed by atoms with Crippen LogP contribution in [-0.4, -0.2) is 30.1 Å². The fraction of sp³-hybridized carbons (Fsp3) is 0.462. The highest BCUT2D eigenvalue weighted by atomic mass is 19.1. The van der Waals surface area contributed by atoms with Crippen molar-refractivity contribution in [2.45, 2.75) is 25.3 Å². The molecule has 0 aliphatic carbocycles. The van der Waals surface area contributed by atoms with Crippen LogP contribution in [0.5, 0.6) is 5.75 Å². The van der Waals surface area contributed by atoms with E-state index in [4.69, 9.17) is 0 Å². The molecule has 1 aromatic rings. The average molecular weight is 252 g/mol. The van der Waals surface area contributed by atoms with Crippen LogP contribution in [-0.2, 0) is 0 Å². The van der Waals surface area contributed by atoms with Crippen LogP contribution in [0.3, 0.4) is 0 Å². The van der Waals surface area contributed by atoms with Crippen molar-refractivity contribution in [1.29, 1.82) is 0 Å². The summed E-state index contributed by atoms with van der Waals surface area (Å²) in [5.41, 5.74) is 0.107. The molecule has 3 N–H and O–H groups in total. The van der Waals surface area contributed by atoms with Gasteiger partial charge in [-0.15, -0.1) is 0 Å². The third-order valence-corrected chi connectivity index (χ3v) is 3.15. The Morgan fingerprint density at radius 2 is 2.39 bits per heavy atom. The minimum absolute atomic E-state index is 0.107. The maximum atomic E-state index is 12.8. The molecular formula is C13H17FN2O2. The van der Waals surface area contributed by atoms with E-state index < -0.39 is 5.82 Å². The van der Waals surface area contributed by atoms with Crippen LogP contribution in [0.25, 0.3) is 0 Å². The van der Waals surface area contributed by atoms with Crippen LogP contribution < -0.4 is 10.6 Å². The number of hydrogen-bond acceptors (Lipinski definition) is 3. The second-order valence-corrected chi connectivity index (χ2v) is 4.50. The van der Waals surface area contributed by atoms with Crippen LogP contribution in [0.4, 0.5) is 4.39 Å². The number of rotatable bonds is 4. The smallest absolute Gasteiger partial charge is 0.255 e. The predicted molar refractivity (Wildman–Crippen MR) is 66.0 cm³/mol. The van der Waals surface area contributed by atoms with Crippen molar-refractivity contribution in [2.24, 2.45) is 0 Å². The molecule has 0 unspecified atom stereocenters. The number of amides is 1. The summed E-state index contributed by atoms with van der Waals surface area (Å²) >= 11 is 0. The Morgan fingerprint density at radius 3 is 3.06 bits per heavy atom. The molecule has 5 heteroatoms. The Balaban J connectivity index is 1.83. The number of carbonyl (C=O) groups excluding carboxylic acids is 1. The third-order valence-electron chi connectivity index (χ3n) is 3.15. The molecule has 1 aliphatic rings. The quantitative estimate of drug-likeness (QED) is 0.759. The lowest BCUT2D eigenvalue weighted by molar-refractivity contribution is 0.0949. The Labute approximate surface area is 105 Å². The van der Waals surface area contributed by atoms with Gasteiger partial charge in [0.05, 0.1) is 5.56 Å². The molecule has 1 heterocycles. The highest BCUT2D eigenvalue weighted by Gasteiger charge is 2.15. The van der Waals surface area contributed by atoms with Crippen molar-refractivity contribution in [3.63, 3.8) is 0 Å². The van der Waals surface area contributed by atoms with Crippen molar-refractivity contribution in [3.05, 3.63) is 29.6 Å². The number of carbonyl (C=O) groups is 1. The molecule has 1 saturated heterocycles. The van der Waals surface area contributed by atoms with Gasteiger partial charge in [0, 0.05) is 18.7 Å². The second kappa shape index (κ2) is 5.82. The molecule has 0 radical (unpaired) electrons. The number of phenols is 1. The summed E-state index contributed by atoms with van der Waals surface area (Å²) in [5, 5.41) is 15.5. The SMILES string of the molecule is O=C(NCC[C@H]1CCCN1)c1ccc(F)cc1O. The minimum atomic E-state index is -0.556. The summed E-state index contributed by atoms with van der Waals surface area (Å²) in [6, 6.07) is 3.85. The van der Waals surface area contributed by atoms with Gasteiger partial charge in [-0.1, -0.05) is 0 Å². The van der Waals surface area contributed by atoms with Crippen molar-refractivity contribution >= 4 is 5.91 Å². The summed E-state index contributed by atoms with van der Waals surface area (Å²) in [6.07, 6.45) is 3.18. The Hall–Kier alpha value is -1.62. The van der Waals surface area contributed by atoms with Crippen molar-refractivity contribution in [3.8, 4) is 5.75 Å². The fourth-order valence-electron chi connectivity index (χ4n) is 2.16. The van der Waals surface area contributed by atoms with Crippen LogP contribution >= 0.6 is 0 Å². The molecule has 0 saturated carbocycles. The molecule has 1 fully saturated rings. The van der Waals surface area contributed by atoms with Gasteiger partial charge in [0.25, 0.3) is 5.91 Å². The van der Waals surface area contributed by atoms with Crippen LogP contribution in [0.1, 0.15) is 29.6 Å². The molecule has 2 rings (SSSR count). The van der Waals surface area contributed by atoms with Crippen molar-refractivity contribution in [2.75, 3.05) is 13.1 Å². The maximum absolute atomic E-state index is 12.8. The van der Waals surface area contributed by atoms with Crippen molar-refractivity contribution in [1.82, 2.24) is 10.6 Å². The van der Waals surface area contributed by atoms with Crippen molar-refractivity contribution < 1.29 is 14.3 Å². The van der Waals surface area contributed by atoms with Gasteiger partial charge in [-0.25, -0.2) is 4.39 Å². The van der Waals surface area contributed by atoms with E-state index in [1.807, 2.05) is 0 Å². The number of halogens is 1. The first-order valence-corrected chi connectivity index (χ1v) is 6.17. The molecule has 98 valence electrons.